The number of hydrogen-bond donors (Lipinski definition) is 3. The Balaban J connectivity index is 1.88. The molecular formula is C23H27N3O4S. The number of rotatable bonds is 8. The van der Waals surface area contributed by atoms with Gasteiger partial charge in [0.2, 0.25) is 0 Å². The number of aromatic amines is 1. The van der Waals surface area contributed by atoms with Crippen molar-refractivity contribution in [3.8, 4) is 11.5 Å². The van der Waals surface area contributed by atoms with Crippen molar-refractivity contribution in [2.45, 2.75) is 19.9 Å². The number of nitrogens with one attached hydrogen (secondary N) is 2. The maximum atomic E-state index is 12.7. The number of thiocarbonyl (C=S) groups is 1. The Morgan fingerprint density at radius 1 is 1.13 bits per heavy atom. The number of fused-ring (bicyclic) bond motifs is 1. The van der Waals surface area contributed by atoms with E-state index in [-0.39, 0.29) is 12.2 Å². The number of anilines is 1. The SMILES string of the molecule is COc1cc2cc(CN(CCCO)C(=S)Nc3ccc(C)cc3)c(=O)[nH]c2cc1OC. The van der Waals surface area contributed by atoms with Crippen LogP contribution >= 0.6 is 12.2 Å². The lowest BCUT2D eigenvalue weighted by Gasteiger charge is -2.25. The van der Waals surface area contributed by atoms with Crippen molar-refractivity contribution in [3.05, 3.63) is 63.9 Å². The number of aromatic nitrogens is 1. The number of aliphatic hydroxyl groups excluding tert-OH is 1. The third-order valence-electron chi connectivity index (χ3n) is 4.96. The van der Waals surface area contributed by atoms with E-state index in [4.69, 9.17) is 21.7 Å². The van der Waals surface area contributed by atoms with Crippen LogP contribution in [0.5, 0.6) is 11.5 Å². The topological polar surface area (TPSA) is 86.8 Å². The predicted octanol–water partition coefficient (Wildman–Crippen LogP) is 3.44. The Morgan fingerprint density at radius 3 is 2.45 bits per heavy atom. The number of ether oxygens (including phenoxy) is 2. The molecule has 0 aliphatic carbocycles. The van der Waals surface area contributed by atoms with E-state index in [2.05, 4.69) is 10.3 Å². The van der Waals surface area contributed by atoms with Gasteiger partial charge in [0.15, 0.2) is 16.6 Å². The Kier molecular flexibility index (Phi) is 7.49. The Morgan fingerprint density at radius 2 is 1.81 bits per heavy atom. The lowest BCUT2D eigenvalue weighted by molar-refractivity contribution is 0.266. The van der Waals surface area contributed by atoms with Gasteiger partial charge in [-0.3, -0.25) is 4.79 Å². The highest BCUT2D eigenvalue weighted by Gasteiger charge is 2.15. The molecule has 0 fully saturated rings. The highest BCUT2D eigenvalue weighted by Crippen LogP contribution is 2.31. The van der Waals surface area contributed by atoms with Crippen molar-refractivity contribution < 1.29 is 14.6 Å². The van der Waals surface area contributed by atoms with Crippen molar-refractivity contribution in [2.24, 2.45) is 0 Å². The Bertz CT molecular complexity index is 1110. The van der Waals surface area contributed by atoms with Gasteiger partial charge < -0.3 is 29.8 Å². The minimum Gasteiger partial charge on any atom is -0.493 e. The third kappa shape index (κ3) is 5.53. The molecule has 0 aliphatic heterocycles. The maximum Gasteiger partial charge on any atom is 0.253 e. The van der Waals surface area contributed by atoms with Gasteiger partial charge >= 0.3 is 0 Å². The smallest absolute Gasteiger partial charge is 0.253 e. The van der Waals surface area contributed by atoms with Crippen LogP contribution < -0.4 is 20.3 Å². The van der Waals surface area contributed by atoms with Crippen molar-refractivity contribution in [1.29, 1.82) is 0 Å². The minimum absolute atomic E-state index is 0.0364. The molecule has 0 unspecified atom stereocenters. The van der Waals surface area contributed by atoms with Gasteiger partial charge in [0, 0.05) is 35.9 Å². The molecule has 1 heterocycles. The average Bonchev–Trinajstić information content (AvgIpc) is 2.77. The summed E-state index contributed by atoms with van der Waals surface area (Å²) in [6.45, 7) is 2.87. The fourth-order valence-corrected chi connectivity index (χ4v) is 3.53. The number of H-pyrrole nitrogens is 1. The summed E-state index contributed by atoms with van der Waals surface area (Å²) in [5, 5.41) is 13.8. The van der Waals surface area contributed by atoms with Crippen LogP contribution in [0.3, 0.4) is 0 Å². The number of aliphatic hydroxyl groups is 1. The minimum atomic E-state index is -0.202. The van der Waals surface area contributed by atoms with Gasteiger partial charge in [0.05, 0.1) is 26.3 Å². The molecule has 0 aliphatic rings. The zero-order valence-electron chi connectivity index (χ0n) is 17.9. The molecule has 0 spiro atoms. The maximum absolute atomic E-state index is 12.7. The Hall–Kier alpha value is -3.10. The molecular weight excluding hydrogens is 414 g/mol. The third-order valence-corrected chi connectivity index (χ3v) is 5.32. The molecule has 0 bridgehead atoms. The van der Waals surface area contributed by atoms with Gasteiger partial charge in [0.25, 0.3) is 5.56 Å². The van der Waals surface area contributed by atoms with Crippen LogP contribution in [0.15, 0.2) is 47.3 Å². The number of aryl methyl sites for hydroxylation is 1. The standard InChI is InChI=1S/C23H27N3O4S/c1-15-5-7-18(8-6-15)24-23(31)26(9-4-10-27)14-17-11-16-12-20(29-2)21(30-3)13-19(16)25-22(17)28/h5-8,11-13,27H,4,9-10,14H2,1-3H3,(H,24,31)(H,25,28). The van der Waals surface area contributed by atoms with E-state index in [0.29, 0.717) is 47.2 Å². The molecule has 0 amide bonds. The molecule has 7 nitrogen and oxygen atoms in total. The van der Waals surface area contributed by atoms with Crippen LogP contribution in [0.2, 0.25) is 0 Å². The number of hydrogen-bond acceptors (Lipinski definition) is 5. The lowest BCUT2D eigenvalue weighted by Crippen LogP contribution is -2.37. The van der Waals surface area contributed by atoms with Crippen LogP contribution in [0.25, 0.3) is 10.9 Å². The van der Waals surface area contributed by atoms with Crippen LogP contribution in [0.1, 0.15) is 17.5 Å². The van der Waals surface area contributed by atoms with Gasteiger partial charge in [-0.25, -0.2) is 0 Å². The molecule has 3 N–H and O–H groups in total. The summed E-state index contributed by atoms with van der Waals surface area (Å²) in [7, 11) is 3.12. The quantitative estimate of drug-likeness (QED) is 0.462. The van der Waals surface area contributed by atoms with Crippen molar-refractivity contribution in [1.82, 2.24) is 9.88 Å². The first-order chi connectivity index (χ1) is 14.9. The summed E-state index contributed by atoms with van der Waals surface area (Å²) in [5.74, 6) is 1.13. The number of benzene rings is 2. The second kappa shape index (κ2) is 10.3. The summed E-state index contributed by atoms with van der Waals surface area (Å²) < 4.78 is 10.7. The molecule has 3 aromatic rings. The fourth-order valence-electron chi connectivity index (χ4n) is 3.25. The van der Waals surface area contributed by atoms with Gasteiger partial charge in [-0.2, -0.15) is 0 Å². The largest absolute Gasteiger partial charge is 0.493 e. The molecule has 2 aromatic carbocycles. The summed E-state index contributed by atoms with van der Waals surface area (Å²) in [4.78, 5) is 17.5. The first-order valence-electron chi connectivity index (χ1n) is 9.96. The highest BCUT2D eigenvalue weighted by atomic mass is 32.1. The van der Waals surface area contributed by atoms with Crippen molar-refractivity contribution in [3.63, 3.8) is 0 Å². The molecule has 31 heavy (non-hydrogen) atoms. The van der Waals surface area contributed by atoms with E-state index in [1.54, 1.807) is 20.3 Å². The zero-order valence-corrected chi connectivity index (χ0v) is 18.7. The summed E-state index contributed by atoms with van der Waals surface area (Å²) in [6.07, 6.45) is 0.534. The zero-order chi connectivity index (χ0) is 22.4. The highest BCUT2D eigenvalue weighted by molar-refractivity contribution is 7.80. The summed E-state index contributed by atoms with van der Waals surface area (Å²) in [6, 6.07) is 13.3. The second-order valence-corrected chi connectivity index (χ2v) is 7.60. The number of pyridine rings is 1. The predicted molar refractivity (Wildman–Crippen MR) is 127 cm³/mol. The van der Waals surface area contributed by atoms with Crippen LogP contribution in [-0.4, -0.2) is 47.5 Å². The number of methoxy groups -OCH3 is 2. The fraction of sp³-hybridized carbons (Fsp3) is 0.304. The van der Waals surface area contributed by atoms with Crippen molar-refractivity contribution in [2.75, 3.05) is 32.7 Å². The Labute approximate surface area is 186 Å². The molecule has 0 atom stereocenters. The van der Waals surface area contributed by atoms with Gasteiger partial charge in [-0.1, -0.05) is 17.7 Å². The van der Waals surface area contributed by atoms with E-state index in [0.717, 1.165) is 16.6 Å². The summed E-state index contributed by atoms with van der Waals surface area (Å²) >= 11 is 5.60. The van der Waals surface area contributed by atoms with E-state index >= 15 is 0 Å². The first kappa shape index (κ1) is 22.6. The normalized spacial score (nSPS) is 10.7. The van der Waals surface area contributed by atoms with Gasteiger partial charge in [0.1, 0.15) is 0 Å². The van der Waals surface area contributed by atoms with Crippen molar-refractivity contribution >= 4 is 33.9 Å². The first-order valence-corrected chi connectivity index (χ1v) is 10.4. The van der Waals surface area contributed by atoms with E-state index in [9.17, 15) is 9.90 Å². The van der Waals surface area contributed by atoms with Crippen LogP contribution in [0.4, 0.5) is 5.69 Å². The molecule has 0 saturated heterocycles. The molecule has 0 saturated carbocycles. The molecule has 164 valence electrons. The number of nitrogens with zero attached hydrogens (tertiary/aromatic N) is 1. The lowest BCUT2D eigenvalue weighted by atomic mass is 10.1. The summed E-state index contributed by atoms with van der Waals surface area (Å²) in [5.41, 5.74) is 3.04. The van der Waals surface area contributed by atoms with Gasteiger partial charge in [-0.05, 0) is 49.8 Å². The molecule has 0 radical (unpaired) electrons. The van der Waals surface area contributed by atoms with Crippen LogP contribution in [-0.2, 0) is 6.54 Å². The van der Waals surface area contributed by atoms with E-state index < -0.39 is 0 Å². The molecule has 3 rings (SSSR count). The second-order valence-electron chi connectivity index (χ2n) is 7.21. The van der Waals surface area contributed by atoms with Crippen LogP contribution in [0, 0.1) is 6.92 Å². The van der Waals surface area contributed by atoms with Gasteiger partial charge in [-0.15, -0.1) is 0 Å². The van der Waals surface area contributed by atoms with E-state index in [1.165, 1.54) is 0 Å². The molecule has 8 heteroatoms. The van der Waals surface area contributed by atoms with E-state index in [1.807, 2.05) is 48.2 Å². The molecule has 1 aromatic heterocycles. The average molecular weight is 442 g/mol. The monoisotopic (exact) mass is 441 g/mol.